The molecule has 0 aliphatic carbocycles. The first-order chi connectivity index (χ1) is 8.19. The van der Waals surface area contributed by atoms with Crippen molar-refractivity contribution in [2.24, 2.45) is 5.92 Å². The van der Waals surface area contributed by atoms with Crippen LogP contribution in [0.2, 0.25) is 0 Å². The minimum atomic E-state index is -0.935. The fraction of sp³-hybridized carbons (Fsp3) is 0.545. The molecule has 0 spiro atoms. The van der Waals surface area contributed by atoms with Crippen molar-refractivity contribution in [1.29, 1.82) is 0 Å². The summed E-state index contributed by atoms with van der Waals surface area (Å²) in [6.07, 6.45) is 3.26. The van der Waals surface area contributed by atoms with Gasteiger partial charge in [-0.05, 0) is 13.8 Å². The number of aromatic amines is 1. The van der Waals surface area contributed by atoms with Crippen LogP contribution >= 0.6 is 0 Å². The Kier molecular flexibility index (Phi) is 5.19. The van der Waals surface area contributed by atoms with Crippen LogP contribution in [0, 0.1) is 5.92 Å². The summed E-state index contributed by atoms with van der Waals surface area (Å²) in [5, 5.41) is 0. The zero-order valence-corrected chi connectivity index (χ0v) is 9.93. The molecule has 0 saturated heterocycles. The third-order valence-electron chi connectivity index (χ3n) is 2.12. The molecule has 0 unspecified atom stereocenters. The van der Waals surface area contributed by atoms with Crippen molar-refractivity contribution < 1.29 is 19.1 Å². The minimum Gasteiger partial charge on any atom is -0.465 e. The van der Waals surface area contributed by atoms with Crippen LogP contribution in [0.3, 0.4) is 0 Å². The van der Waals surface area contributed by atoms with Crippen LogP contribution < -0.4 is 0 Å². The van der Waals surface area contributed by atoms with Gasteiger partial charge in [-0.25, -0.2) is 4.98 Å². The molecule has 0 bridgehead atoms. The molecular weight excluding hydrogens is 224 g/mol. The molecule has 1 rings (SSSR count). The lowest BCUT2D eigenvalue weighted by Gasteiger charge is -2.13. The monoisotopic (exact) mass is 240 g/mol. The third kappa shape index (κ3) is 3.90. The highest BCUT2D eigenvalue weighted by Gasteiger charge is 2.30. The molecule has 0 radical (unpaired) electrons. The number of aromatic nitrogens is 2. The van der Waals surface area contributed by atoms with Crippen molar-refractivity contribution in [3.63, 3.8) is 0 Å². The Bertz CT molecular complexity index is 344. The average Bonchev–Trinajstić information content (AvgIpc) is 2.79. The lowest BCUT2D eigenvalue weighted by molar-refractivity contribution is -0.161. The summed E-state index contributed by atoms with van der Waals surface area (Å²) >= 11 is 0. The standard InChI is InChI=1S/C11H16N2O4/c1-3-16-10(14)9(11(15)17-4-2)5-8-6-12-7-13-8/h6-7,9H,3-5H2,1-2H3,(H,12,13). The molecule has 0 amide bonds. The summed E-state index contributed by atoms with van der Waals surface area (Å²) in [5.74, 6) is -2.07. The number of ether oxygens (including phenoxy) is 2. The van der Waals surface area contributed by atoms with Gasteiger partial charge in [-0.15, -0.1) is 0 Å². The number of esters is 2. The molecule has 94 valence electrons. The molecule has 0 aliphatic heterocycles. The topological polar surface area (TPSA) is 81.3 Å². The van der Waals surface area contributed by atoms with E-state index in [0.717, 1.165) is 0 Å². The largest absolute Gasteiger partial charge is 0.465 e. The van der Waals surface area contributed by atoms with Gasteiger partial charge in [-0.3, -0.25) is 9.59 Å². The highest BCUT2D eigenvalue weighted by molar-refractivity contribution is 5.95. The van der Waals surface area contributed by atoms with Crippen molar-refractivity contribution in [1.82, 2.24) is 9.97 Å². The molecule has 0 aromatic carbocycles. The Morgan fingerprint density at radius 1 is 1.29 bits per heavy atom. The lowest BCUT2D eigenvalue weighted by atomic mass is 10.0. The van der Waals surface area contributed by atoms with E-state index in [-0.39, 0.29) is 19.6 Å². The van der Waals surface area contributed by atoms with Crippen molar-refractivity contribution in [2.75, 3.05) is 13.2 Å². The molecule has 0 atom stereocenters. The molecule has 1 aromatic heterocycles. The molecule has 6 nitrogen and oxygen atoms in total. The summed E-state index contributed by atoms with van der Waals surface area (Å²) in [6.45, 7) is 3.85. The smallest absolute Gasteiger partial charge is 0.320 e. The summed E-state index contributed by atoms with van der Waals surface area (Å²) in [7, 11) is 0. The molecule has 0 aliphatic rings. The number of rotatable bonds is 6. The second kappa shape index (κ2) is 6.67. The van der Waals surface area contributed by atoms with E-state index in [9.17, 15) is 9.59 Å². The van der Waals surface area contributed by atoms with E-state index in [4.69, 9.17) is 9.47 Å². The van der Waals surface area contributed by atoms with Gasteiger partial charge < -0.3 is 14.5 Å². The molecule has 1 heterocycles. The molecule has 17 heavy (non-hydrogen) atoms. The van der Waals surface area contributed by atoms with E-state index in [0.29, 0.717) is 5.69 Å². The van der Waals surface area contributed by atoms with E-state index in [2.05, 4.69) is 9.97 Å². The molecule has 0 saturated carbocycles. The Morgan fingerprint density at radius 3 is 2.29 bits per heavy atom. The Hall–Kier alpha value is -1.85. The Morgan fingerprint density at radius 2 is 1.88 bits per heavy atom. The van der Waals surface area contributed by atoms with Gasteiger partial charge in [0.2, 0.25) is 0 Å². The van der Waals surface area contributed by atoms with E-state index in [1.165, 1.54) is 6.33 Å². The maximum Gasteiger partial charge on any atom is 0.320 e. The highest BCUT2D eigenvalue weighted by atomic mass is 16.6. The van der Waals surface area contributed by atoms with Crippen LogP contribution in [0.5, 0.6) is 0 Å². The van der Waals surface area contributed by atoms with Gasteiger partial charge >= 0.3 is 11.9 Å². The average molecular weight is 240 g/mol. The summed E-state index contributed by atoms with van der Waals surface area (Å²) in [5.41, 5.74) is 0.691. The number of carbonyl (C=O) groups is 2. The van der Waals surface area contributed by atoms with Gasteiger partial charge in [-0.1, -0.05) is 0 Å². The minimum absolute atomic E-state index is 0.206. The van der Waals surface area contributed by atoms with Crippen molar-refractivity contribution >= 4 is 11.9 Å². The Labute approximate surface area is 99.3 Å². The Balaban J connectivity index is 2.71. The van der Waals surface area contributed by atoms with Crippen molar-refractivity contribution in [3.05, 3.63) is 18.2 Å². The quantitative estimate of drug-likeness (QED) is 0.584. The number of hydrogen-bond acceptors (Lipinski definition) is 5. The third-order valence-corrected chi connectivity index (χ3v) is 2.12. The molecular formula is C11H16N2O4. The number of nitrogens with zero attached hydrogens (tertiary/aromatic N) is 1. The van der Waals surface area contributed by atoms with E-state index >= 15 is 0 Å². The zero-order chi connectivity index (χ0) is 12.7. The van der Waals surface area contributed by atoms with Crippen molar-refractivity contribution in [2.45, 2.75) is 20.3 Å². The van der Waals surface area contributed by atoms with Crippen LogP contribution in [0.15, 0.2) is 12.5 Å². The molecule has 1 aromatic rings. The maximum atomic E-state index is 11.6. The van der Waals surface area contributed by atoms with E-state index in [1.807, 2.05) is 0 Å². The van der Waals surface area contributed by atoms with Crippen LogP contribution in [0.1, 0.15) is 19.5 Å². The maximum absolute atomic E-state index is 11.6. The van der Waals surface area contributed by atoms with Gasteiger partial charge in [-0.2, -0.15) is 0 Å². The van der Waals surface area contributed by atoms with Gasteiger partial charge in [0.15, 0.2) is 5.92 Å². The number of nitrogens with one attached hydrogen (secondary N) is 1. The normalized spacial score (nSPS) is 10.3. The van der Waals surface area contributed by atoms with Crippen LogP contribution in [0.4, 0.5) is 0 Å². The fourth-order valence-electron chi connectivity index (χ4n) is 1.36. The zero-order valence-electron chi connectivity index (χ0n) is 9.93. The summed E-state index contributed by atoms with van der Waals surface area (Å²) in [4.78, 5) is 29.9. The van der Waals surface area contributed by atoms with Crippen LogP contribution in [0.25, 0.3) is 0 Å². The SMILES string of the molecule is CCOC(=O)C(Cc1cnc[nH]1)C(=O)OCC. The number of hydrogen-bond donors (Lipinski definition) is 1. The number of H-pyrrole nitrogens is 1. The first-order valence-electron chi connectivity index (χ1n) is 5.49. The predicted molar refractivity (Wildman–Crippen MR) is 59.0 cm³/mol. The molecule has 0 fully saturated rings. The van der Waals surface area contributed by atoms with Gasteiger partial charge in [0.1, 0.15) is 0 Å². The fourth-order valence-corrected chi connectivity index (χ4v) is 1.36. The second-order valence-electron chi connectivity index (χ2n) is 3.34. The van der Waals surface area contributed by atoms with Crippen molar-refractivity contribution in [3.8, 4) is 0 Å². The number of carbonyl (C=O) groups excluding carboxylic acids is 2. The van der Waals surface area contributed by atoms with E-state index < -0.39 is 17.9 Å². The second-order valence-corrected chi connectivity index (χ2v) is 3.34. The number of imidazole rings is 1. The molecule has 1 N–H and O–H groups in total. The first-order valence-corrected chi connectivity index (χ1v) is 5.49. The highest BCUT2D eigenvalue weighted by Crippen LogP contribution is 2.10. The molecule has 6 heteroatoms. The van der Waals surface area contributed by atoms with Crippen LogP contribution in [-0.2, 0) is 25.5 Å². The summed E-state index contributed by atoms with van der Waals surface area (Å²) < 4.78 is 9.69. The predicted octanol–water partition coefficient (Wildman–Crippen LogP) is 0.695. The van der Waals surface area contributed by atoms with Crippen LogP contribution in [-0.4, -0.2) is 35.1 Å². The van der Waals surface area contributed by atoms with Gasteiger partial charge in [0.05, 0.1) is 19.5 Å². The summed E-state index contributed by atoms with van der Waals surface area (Å²) in [6, 6.07) is 0. The van der Waals surface area contributed by atoms with E-state index in [1.54, 1.807) is 20.0 Å². The van der Waals surface area contributed by atoms with Gasteiger partial charge in [0.25, 0.3) is 0 Å². The first kappa shape index (κ1) is 13.2. The van der Waals surface area contributed by atoms with Gasteiger partial charge in [0, 0.05) is 18.3 Å². The lowest BCUT2D eigenvalue weighted by Crippen LogP contribution is -2.30.